The van der Waals surface area contributed by atoms with Gasteiger partial charge in [-0.15, -0.1) is 0 Å². The molecule has 2 atom stereocenters. The minimum absolute atomic E-state index is 0.0000831. The van der Waals surface area contributed by atoms with Gasteiger partial charge in [0.1, 0.15) is 0 Å². The number of amides is 1. The lowest BCUT2D eigenvalue weighted by Crippen LogP contribution is -2.29. The molecule has 0 aliphatic rings. The second-order valence-electron chi connectivity index (χ2n) is 5.63. The lowest BCUT2D eigenvalue weighted by molar-refractivity contribution is -0.138. The van der Waals surface area contributed by atoms with E-state index in [4.69, 9.17) is 10.8 Å². The Morgan fingerprint density at radius 1 is 1.21 bits per heavy atom. The summed E-state index contributed by atoms with van der Waals surface area (Å²) in [5.41, 5.74) is 5.56. The molecule has 0 rings (SSSR count). The molecule has 0 aliphatic carbocycles. The molecule has 0 aromatic rings. The van der Waals surface area contributed by atoms with Crippen LogP contribution in [0.25, 0.3) is 0 Å². The van der Waals surface area contributed by atoms with E-state index in [9.17, 15) is 9.59 Å². The smallest absolute Gasteiger partial charge is 0.303 e. The maximum Gasteiger partial charge on any atom is 0.303 e. The topological polar surface area (TPSA) is 92.4 Å². The van der Waals surface area contributed by atoms with Crippen LogP contribution in [-0.2, 0) is 9.59 Å². The zero-order chi connectivity index (χ0) is 14.8. The van der Waals surface area contributed by atoms with Gasteiger partial charge in [0.25, 0.3) is 0 Å². The molecule has 0 aromatic heterocycles. The molecule has 0 saturated carbocycles. The van der Waals surface area contributed by atoms with Crippen LogP contribution in [0, 0.1) is 17.8 Å². The second-order valence-corrected chi connectivity index (χ2v) is 5.63. The van der Waals surface area contributed by atoms with Crippen molar-refractivity contribution in [2.75, 3.05) is 13.1 Å². The first-order valence-electron chi connectivity index (χ1n) is 7.05. The van der Waals surface area contributed by atoms with E-state index in [1.807, 2.05) is 6.92 Å². The van der Waals surface area contributed by atoms with Gasteiger partial charge < -0.3 is 16.2 Å². The van der Waals surface area contributed by atoms with Crippen molar-refractivity contribution in [2.45, 2.75) is 46.5 Å². The van der Waals surface area contributed by atoms with Crippen LogP contribution in [0.15, 0.2) is 0 Å². The summed E-state index contributed by atoms with van der Waals surface area (Å²) in [7, 11) is 0. The summed E-state index contributed by atoms with van der Waals surface area (Å²) < 4.78 is 0. The Labute approximate surface area is 115 Å². The Morgan fingerprint density at radius 2 is 1.84 bits per heavy atom. The molecule has 0 bridgehead atoms. The van der Waals surface area contributed by atoms with E-state index in [1.165, 1.54) is 0 Å². The van der Waals surface area contributed by atoms with Crippen molar-refractivity contribution in [3.63, 3.8) is 0 Å². The third-order valence-corrected chi connectivity index (χ3v) is 3.39. The Kier molecular flexibility index (Phi) is 9.21. The largest absolute Gasteiger partial charge is 0.481 e. The van der Waals surface area contributed by atoms with Crippen LogP contribution < -0.4 is 11.1 Å². The third-order valence-electron chi connectivity index (χ3n) is 3.39. The SMILES string of the molecule is CC(CNC(=O)CCC(CCN)C(C)C)CC(=O)O. The highest BCUT2D eigenvalue weighted by atomic mass is 16.4. The fourth-order valence-corrected chi connectivity index (χ4v) is 2.09. The predicted molar refractivity (Wildman–Crippen MR) is 75.7 cm³/mol. The zero-order valence-corrected chi connectivity index (χ0v) is 12.3. The van der Waals surface area contributed by atoms with Crippen molar-refractivity contribution in [2.24, 2.45) is 23.5 Å². The molecule has 0 radical (unpaired) electrons. The van der Waals surface area contributed by atoms with Crippen LogP contribution >= 0.6 is 0 Å². The number of nitrogens with two attached hydrogens (primary N) is 1. The van der Waals surface area contributed by atoms with Crippen molar-refractivity contribution >= 4 is 11.9 Å². The van der Waals surface area contributed by atoms with E-state index >= 15 is 0 Å². The first kappa shape index (κ1) is 17.9. The Bertz CT molecular complexity index is 280. The Balaban J connectivity index is 3.88. The van der Waals surface area contributed by atoms with Gasteiger partial charge in [-0.25, -0.2) is 0 Å². The Morgan fingerprint density at radius 3 is 2.32 bits per heavy atom. The number of carbonyl (C=O) groups is 2. The van der Waals surface area contributed by atoms with Gasteiger partial charge in [-0.05, 0) is 37.1 Å². The number of hydrogen-bond donors (Lipinski definition) is 3. The van der Waals surface area contributed by atoms with E-state index in [2.05, 4.69) is 19.2 Å². The second kappa shape index (κ2) is 9.78. The molecular weight excluding hydrogens is 244 g/mol. The number of carboxylic acids is 1. The molecule has 2 unspecified atom stereocenters. The number of carboxylic acid groups (broad SMARTS) is 1. The first-order valence-corrected chi connectivity index (χ1v) is 7.05. The molecule has 5 nitrogen and oxygen atoms in total. The highest BCUT2D eigenvalue weighted by molar-refractivity contribution is 5.76. The maximum atomic E-state index is 11.7. The van der Waals surface area contributed by atoms with Crippen molar-refractivity contribution in [1.82, 2.24) is 5.32 Å². The fourth-order valence-electron chi connectivity index (χ4n) is 2.09. The van der Waals surface area contributed by atoms with Crippen LogP contribution in [0.3, 0.4) is 0 Å². The molecule has 112 valence electrons. The molecule has 19 heavy (non-hydrogen) atoms. The zero-order valence-electron chi connectivity index (χ0n) is 12.3. The number of rotatable bonds is 10. The van der Waals surface area contributed by atoms with Crippen LogP contribution in [-0.4, -0.2) is 30.1 Å². The molecule has 0 fully saturated rings. The van der Waals surface area contributed by atoms with Gasteiger partial charge >= 0.3 is 5.97 Å². The molecule has 0 aliphatic heterocycles. The van der Waals surface area contributed by atoms with E-state index < -0.39 is 5.97 Å². The van der Waals surface area contributed by atoms with Gasteiger partial charge in [-0.3, -0.25) is 9.59 Å². The molecule has 0 heterocycles. The van der Waals surface area contributed by atoms with Gasteiger partial charge in [0.15, 0.2) is 0 Å². The van der Waals surface area contributed by atoms with E-state index in [-0.39, 0.29) is 18.2 Å². The van der Waals surface area contributed by atoms with E-state index in [0.717, 1.165) is 12.8 Å². The summed E-state index contributed by atoms with van der Waals surface area (Å²) >= 11 is 0. The van der Waals surface area contributed by atoms with Gasteiger partial charge in [0, 0.05) is 19.4 Å². The maximum absolute atomic E-state index is 11.7. The molecular formula is C14H28N2O3. The summed E-state index contributed by atoms with van der Waals surface area (Å²) in [5, 5.41) is 11.4. The highest BCUT2D eigenvalue weighted by Crippen LogP contribution is 2.20. The van der Waals surface area contributed by atoms with Crippen LogP contribution in [0.1, 0.15) is 46.5 Å². The summed E-state index contributed by atoms with van der Waals surface area (Å²) in [6.45, 7) is 7.19. The van der Waals surface area contributed by atoms with Gasteiger partial charge in [-0.2, -0.15) is 0 Å². The van der Waals surface area contributed by atoms with Crippen molar-refractivity contribution in [1.29, 1.82) is 0 Å². The summed E-state index contributed by atoms with van der Waals surface area (Å²) in [4.78, 5) is 22.2. The fraction of sp³-hybridized carbons (Fsp3) is 0.857. The van der Waals surface area contributed by atoms with E-state index in [0.29, 0.717) is 31.3 Å². The molecule has 1 amide bonds. The minimum Gasteiger partial charge on any atom is -0.481 e. The normalized spacial score (nSPS) is 14.2. The van der Waals surface area contributed by atoms with Gasteiger partial charge in [-0.1, -0.05) is 20.8 Å². The average molecular weight is 272 g/mol. The van der Waals surface area contributed by atoms with Crippen LogP contribution in [0.2, 0.25) is 0 Å². The lowest BCUT2D eigenvalue weighted by Gasteiger charge is -2.20. The molecule has 4 N–H and O–H groups in total. The molecule has 0 saturated heterocycles. The lowest BCUT2D eigenvalue weighted by atomic mass is 9.88. The first-order chi connectivity index (χ1) is 8.86. The summed E-state index contributed by atoms with van der Waals surface area (Å²) in [6, 6.07) is 0. The van der Waals surface area contributed by atoms with Crippen molar-refractivity contribution < 1.29 is 14.7 Å². The van der Waals surface area contributed by atoms with Crippen molar-refractivity contribution in [3.8, 4) is 0 Å². The standard InChI is InChI=1S/C14H28N2O3/c1-10(2)12(6-7-15)4-5-13(17)16-9-11(3)8-14(18)19/h10-12H,4-9,15H2,1-3H3,(H,16,17)(H,18,19). The third kappa shape index (κ3) is 9.47. The minimum atomic E-state index is -0.829. The Hall–Kier alpha value is -1.10. The van der Waals surface area contributed by atoms with E-state index in [1.54, 1.807) is 0 Å². The van der Waals surface area contributed by atoms with Crippen molar-refractivity contribution in [3.05, 3.63) is 0 Å². The number of nitrogens with one attached hydrogen (secondary N) is 1. The molecule has 0 spiro atoms. The number of carbonyl (C=O) groups excluding carboxylic acids is 1. The predicted octanol–water partition coefficient (Wildman–Crippen LogP) is 1.61. The monoisotopic (exact) mass is 272 g/mol. The number of hydrogen-bond acceptors (Lipinski definition) is 3. The highest BCUT2D eigenvalue weighted by Gasteiger charge is 2.15. The summed E-state index contributed by atoms with van der Waals surface area (Å²) in [5.74, 6) is 0.144. The van der Waals surface area contributed by atoms with Gasteiger partial charge in [0.05, 0.1) is 0 Å². The summed E-state index contributed by atoms with van der Waals surface area (Å²) in [6.07, 6.45) is 2.36. The molecule has 5 heteroatoms. The molecule has 0 aromatic carbocycles. The van der Waals surface area contributed by atoms with Gasteiger partial charge in [0.2, 0.25) is 5.91 Å². The van der Waals surface area contributed by atoms with Crippen LogP contribution in [0.4, 0.5) is 0 Å². The quantitative estimate of drug-likeness (QED) is 0.563. The number of aliphatic carboxylic acids is 1. The average Bonchev–Trinajstić information content (AvgIpc) is 2.30. The van der Waals surface area contributed by atoms with Crippen LogP contribution in [0.5, 0.6) is 0 Å².